The van der Waals surface area contributed by atoms with Crippen LogP contribution < -0.4 is 16.8 Å². The van der Waals surface area contributed by atoms with E-state index in [-0.39, 0.29) is 17.1 Å². The van der Waals surface area contributed by atoms with Crippen molar-refractivity contribution in [3.8, 4) is 0 Å². The Kier molecular flexibility index (Phi) is 2.73. The Morgan fingerprint density at radius 1 is 1.21 bits per heavy atom. The number of para-hydroxylation sites is 1. The number of nitrogen functional groups attached to an aromatic ring is 2. The molecule has 3 nitrogen and oxygen atoms in total. The van der Waals surface area contributed by atoms with E-state index in [4.69, 9.17) is 11.5 Å². The Morgan fingerprint density at radius 2 is 1.86 bits per heavy atom. The summed E-state index contributed by atoms with van der Waals surface area (Å²) >= 11 is 0. The smallest absolute Gasteiger partial charge is 0.397 e. The maximum atomic E-state index is 11.8. The second-order valence-corrected chi connectivity index (χ2v) is 2.78. The Bertz CT molecular complexity index is 322. The first-order chi connectivity index (χ1) is 6.40. The van der Waals surface area contributed by atoms with Crippen LogP contribution in [0.2, 0.25) is 0 Å². The highest BCUT2D eigenvalue weighted by Crippen LogP contribution is 2.25. The lowest BCUT2D eigenvalue weighted by Gasteiger charge is -2.12. The summed E-state index contributed by atoms with van der Waals surface area (Å²) in [6, 6.07) is 4.50. The molecule has 0 atom stereocenters. The van der Waals surface area contributed by atoms with Crippen LogP contribution in [0.1, 0.15) is 0 Å². The van der Waals surface area contributed by atoms with Gasteiger partial charge in [-0.25, -0.2) is 0 Å². The molecule has 0 aliphatic carbocycles. The highest BCUT2D eigenvalue weighted by atomic mass is 19.4. The second-order valence-electron chi connectivity index (χ2n) is 2.78. The van der Waals surface area contributed by atoms with Crippen LogP contribution in [0.5, 0.6) is 0 Å². The Labute approximate surface area is 78.9 Å². The van der Waals surface area contributed by atoms with Gasteiger partial charge in [-0.15, -0.1) is 0 Å². The van der Waals surface area contributed by atoms with E-state index in [0.29, 0.717) is 0 Å². The third-order valence-corrected chi connectivity index (χ3v) is 1.62. The van der Waals surface area contributed by atoms with Crippen molar-refractivity contribution in [3.05, 3.63) is 18.2 Å². The Morgan fingerprint density at radius 3 is 2.43 bits per heavy atom. The van der Waals surface area contributed by atoms with Crippen molar-refractivity contribution in [2.45, 2.75) is 6.18 Å². The summed E-state index contributed by atoms with van der Waals surface area (Å²) < 4.78 is 35.5. The van der Waals surface area contributed by atoms with Gasteiger partial charge in [-0.2, -0.15) is 13.2 Å². The number of benzene rings is 1. The minimum atomic E-state index is -4.27. The van der Waals surface area contributed by atoms with Crippen LogP contribution in [0.4, 0.5) is 30.2 Å². The van der Waals surface area contributed by atoms with Crippen LogP contribution >= 0.6 is 0 Å². The van der Waals surface area contributed by atoms with Crippen molar-refractivity contribution in [2.75, 3.05) is 23.3 Å². The van der Waals surface area contributed by atoms with Crippen molar-refractivity contribution in [1.29, 1.82) is 0 Å². The summed E-state index contributed by atoms with van der Waals surface area (Å²) in [6.45, 7) is -1.12. The van der Waals surface area contributed by atoms with Crippen LogP contribution in [-0.4, -0.2) is 12.7 Å². The molecule has 1 rings (SSSR count). The van der Waals surface area contributed by atoms with E-state index in [1.807, 2.05) is 0 Å². The van der Waals surface area contributed by atoms with Gasteiger partial charge in [0, 0.05) is 0 Å². The highest BCUT2D eigenvalue weighted by Gasteiger charge is 2.26. The van der Waals surface area contributed by atoms with Gasteiger partial charge in [-0.05, 0) is 12.1 Å². The quantitative estimate of drug-likeness (QED) is 0.645. The molecule has 0 unspecified atom stereocenters. The molecular weight excluding hydrogens is 195 g/mol. The summed E-state index contributed by atoms with van der Waals surface area (Å²) in [5, 5.41) is 2.16. The molecular formula is C8H10F3N3. The molecule has 0 fully saturated rings. The lowest BCUT2D eigenvalue weighted by Crippen LogP contribution is -2.21. The van der Waals surface area contributed by atoms with E-state index < -0.39 is 12.7 Å². The van der Waals surface area contributed by atoms with Gasteiger partial charge in [0.15, 0.2) is 0 Å². The average molecular weight is 205 g/mol. The van der Waals surface area contributed by atoms with E-state index in [9.17, 15) is 13.2 Å². The van der Waals surface area contributed by atoms with Crippen molar-refractivity contribution in [1.82, 2.24) is 0 Å². The second kappa shape index (κ2) is 3.65. The molecule has 0 spiro atoms. The first-order valence-electron chi connectivity index (χ1n) is 3.85. The van der Waals surface area contributed by atoms with Crippen LogP contribution in [0.15, 0.2) is 18.2 Å². The molecule has 0 radical (unpaired) electrons. The van der Waals surface area contributed by atoms with Gasteiger partial charge in [0.1, 0.15) is 6.54 Å². The first-order valence-corrected chi connectivity index (χ1v) is 3.85. The third kappa shape index (κ3) is 2.72. The van der Waals surface area contributed by atoms with Crippen LogP contribution in [0.25, 0.3) is 0 Å². The molecule has 0 aromatic heterocycles. The zero-order chi connectivity index (χ0) is 10.8. The largest absolute Gasteiger partial charge is 0.405 e. The van der Waals surface area contributed by atoms with E-state index in [2.05, 4.69) is 5.32 Å². The highest BCUT2D eigenvalue weighted by molar-refractivity contribution is 5.78. The molecule has 1 aromatic rings. The number of hydrogen-bond donors (Lipinski definition) is 3. The third-order valence-electron chi connectivity index (χ3n) is 1.62. The lowest BCUT2D eigenvalue weighted by molar-refractivity contribution is -0.115. The molecule has 0 aliphatic heterocycles. The van der Waals surface area contributed by atoms with Gasteiger partial charge in [0.2, 0.25) is 0 Å². The number of nitrogens with one attached hydrogen (secondary N) is 1. The summed E-state index contributed by atoms with van der Waals surface area (Å²) in [4.78, 5) is 0. The van der Waals surface area contributed by atoms with Crippen molar-refractivity contribution >= 4 is 17.1 Å². The molecule has 0 saturated heterocycles. The van der Waals surface area contributed by atoms with E-state index >= 15 is 0 Å². The SMILES string of the molecule is Nc1cccc(NCC(F)(F)F)c1N. The van der Waals surface area contributed by atoms with Crippen molar-refractivity contribution in [2.24, 2.45) is 0 Å². The molecule has 14 heavy (non-hydrogen) atoms. The number of nitrogens with two attached hydrogens (primary N) is 2. The minimum Gasteiger partial charge on any atom is -0.397 e. The van der Waals surface area contributed by atoms with Crippen molar-refractivity contribution < 1.29 is 13.2 Å². The fraction of sp³-hybridized carbons (Fsp3) is 0.250. The van der Waals surface area contributed by atoms with Crippen LogP contribution in [0, 0.1) is 0 Å². The number of hydrogen-bond acceptors (Lipinski definition) is 3. The Balaban J connectivity index is 2.73. The fourth-order valence-electron chi connectivity index (χ4n) is 0.933. The molecule has 0 aliphatic rings. The number of rotatable bonds is 2. The average Bonchev–Trinajstić information content (AvgIpc) is 2.06. The standard InChI is InChI=1S/C8H10F3N3/c9-8(10,11)4-14-6-3-1-2-5(12)7(6)13/h1-3,14H,4,12-13H2. The minimum absolute atomic E-state index is 0.136. The van der Waals surface area contributed by atoms with Crippen LogP contribution in [-0.2, 0) is 0 Å². The monoisotopic (exact) mass is 205 g/mol. The summed E-state index contributed by atoms with van der Waals surface area (Å²) in [6.07, 6.45) is -4.27. The molecule has 0 heterocycles. The van der Waals surface area contributed by atoms with Gasteiger partial charge in [-0.3, -0.25) is 0 Å². The van der Waals surface area contributed by atoms with Gasteiger partial charge < -0.3 is 16.8 Å². The maximum Gasteiger partial charge on any atom is 0.405 e. The molecule has 0 amide bonds. The Hall–Kier alpha value is -1.59. The lowest BCUT2D eigenvalue weighted by atomic mass is 10.2. The molecule has 0 bridgehead atoms. The molecule has 78 valence electrons. The maximum absolute atomic E-state index is 11.8. The molecule has 6 heteroatoms. The van der Waals surface area contributed by atoms with E-state index in [1.54, 1.807) is 0 Å². The van der Waals surface area contributed by atoms with Gasteiger partial charge in [0.25, 0.3) is 0 Å². The van der Waals surface area contributed by atoms with E-state index in [1.165, 1.54) is 18.2 Å². The summed E-state index contributed by atoms with van der Waals surface area (Å²) in [7, 11) is 0. The van der Waals surface area contributed by atoms with E-state index in [0.717, 1.165) is 0 Å². The molecule has 1 aromatic carbocycles. The zero-order valence-corrected chi connectivity index (χ0v) is 7.23. The van der Waals surface area contributed by atoms with Gasteiger partial charge in [0.05, 0.1) is 17.1 Å². The number of alkyl halides is 3. The van der Waals surface area contributed by atoms with Gasteiger partial charge >= 0.3 is 6.18 Å². The molecule has 5 N–H and O–H groups in total. The van der Waals surface area contributed by atoms with Crippen molar-refractivity contribution in [3.63, 3.8) is 0 Å². The summed E-state index contributed by atoms with van der Waals surface area (Å²) in [5.74, 6) is 0. The summed E-state index contributed by atoms with van der Waals surface area (Å²) in [5.41, 5.74) is 11.5. The van der Waals surface area contributed by atoms with Crippen LogP contribution in [0.3, 0.4) is 0 Å². The predicted octanol–water partition coefficient (Wildman–Crippen LogP) is 1.83. The normalized spacial score (nSPS) is 11.4. The molecule has 0 saturated carbocycles. The fourth-order valence-corrected chi connectivity index (χ4v) is 0.933. The predicted molar refractivity (Wildman–Crippen MR) is 49.8 cm³/mol. The number of anilines is 3. The van der Waals surface area contributed by atoms with Gasteiger partial charge in [-0.1, -0.05) is 6.07 Å². The number of halogens is 3. The first kappa shape index (κ1) is 10.5. The zero-order valence-electron chi connectivity index (χ0n) is 7.23. The topological polar surface area (TPSA) is 64.1 Å².